The third-order valence-electron chi connectivity index (χ3n) is 2.70. The topological polar surface area (TPSA) is 92.7 Å². The molecular weight excluding hydrogens is 234 g/mol. The number of aromatic nitrogens is 4. The maximum Gasteiger partial charge on any atom is 0.279 e. The first-order valence-electron chi connectivity index (χ1n) is 5.36. The van der Waals surface area contributed by atoms with Crippen LogP contribution in [0.5, 0.6) is 0 Å². The Morgan fingerprint density at radius 1 is 1.44 bits per heavy atom. The van der Waals surface area contributed by atoms with Crippen LogP contribution in [0.15, 0.2) is 17.1 Å². The fourth-order valence-electron chi connectivity index (χ4n) is 1.63. The molecule has 0 aromatic carbocycles. The summed E-state index contributed by atoms with van der Waals surface area (Å²) in [7, 11) is 1.52. The van der Waals surface area contributed by atoms with Crippen molar-refractivity contribution in [3.8, 4) is 0 Å². The summed E-state index contributed by atoms with van der Waals surface area (Å²) in [5.74, 6) is -0.0289. The number of aryl methyl sites for hydroxylation is 2. The van der Waals surface area contributed by atoms with Gasteiger partial charge in [0.15, 0.2) is 0 Å². The SMILES string of the molecule is Cc1nn(C)c(=O)c(C(=O)Nc2ccn[nH]2)c1C. The Hall–Kier alpha value is -2.44. The number of aromatic amines is 1. The fraction of sp³-hybridized carbons (Fsp3) is 0.273. The van der Waals surface area contributed by atoms with Crippen LogP contribution in [0.3, 0.4) is 0 Å². The van der Waals surface area contributed by atoms with Crippen molar-refractivity contribution in [3.05, 3.63) is 39.4 Å². The van der Waals surface area contributed by atoms with E-state index in [2.05, 4.69) is 20.6 Å². The van der Waals surface area contributed by atoms with E-state index in [-0.39, 0.29) is 5.56 Å². The Morgan fingerprint density at radius 3 is 2.78 bits per heavy atom. The van der Waals surface area contributed by atoms with Gasteiger partial charge in [-0.2, -0.15) is 10.2 Å². The van der Waals surface area contributed by atoms with Crippen molar-refractivity contribution in [1.29, 1.82) is 0 Å². The number of hydrogen-bond acceptors (Lipinski definition) is 4. The van der Waals surface area contributed by atoms with Crippen molar-refractivity contribution in [3.63, 3.8) is 0 Å². The van der Waals surface area contributed by atoms with Crippen LogP contribution in [0.1, 0.15) is 21.6 Å². The van der Waals surface area contributed by atoms with E-state index in [1.165, 1.54) is 13.2 Å². The number of nitrogens with zero attached hydrogens (tertiary/aromatic N) is 3. The standard InChI is InChI=1S/C11H13N5O2/c1-6-7(2)15-16(3)11(18)9(6)10(17)13-8-4-5-12-14-8/h4-5H,1-3H3,(H2,12,13,14,17). The second-order valence-electron chi connectivity index (χ2n) is 3.94. The molecule has 94 valence electrons. The molecule has 7 heteroatoms. The molecule has 0 radical (unpaired) electrons. The average molecular weight is 247 g/mol. The van der Waals surface area contributed by atoms with Crippen LogP contribution in [0, 0.1) is 13.8 Å². The molecule has 0 unspecified atom stereocenters. The van der Waals surface area contributed by atoms with Crippen molar-refractivity contribution in [2.45, 2.75) is 13.8 Å². The zero-order chi connectivity index (χ0) is 13.3. The van der Waals surface area contributed by atoms with Gasteiger partial charge < -0.3 is 5.32 Å². The number of carbonyl (C=O) groups excluding carboxylic acids is 1. The molecule has 2 N–H and O–H groups in total. The van der Waals surface area contributed by atoms with Gasteiger partial charge in [0, 0.05) is 13.1 Å². The minimum atomic E-state index is -0.470. The summed E-state index contributed by atoms with van der Waals surface area (Å²) >= 11 is 0. The van der Waals surface area contributed by atoms with E-state index < -0.39 is 11.5 Å². The summed E-state index contributed by atoms with van der Waals surface area (Å²) < 4.78 is 1.16. The number of nitrogens with one attached hydrogen (secondary N) is 2. The number of hydrogen-bond donors (Lipinski definition) is 2. The van der Waals surface area contributed by atoms with E-state index in [9.17, 15) is 9.59 Å². The van der Waals surface area contributed by atoms with Crippen molar-refractivity contribution < 1.29 is 4.79 Å². The van der Waals surface area contributed by atoms with E-state index >= 15 is 0 Å². The molecule has 0 saturated heterocycles. The van der Waals surface area contributed by atoms with Crippen molar-refractivity contribution in [2.75, 3.05) is 5.32 Å². The maximum atomic E-state index is 12.1. The Kier molecular flexibility index (Phi) is 2.97. The third-order valence-corrected chi connectivity index (χ3v) is 2.70. The highest BCUT2D eigenvalue weighted by Gasteiger charge is 2.18. The van der Waals surface area contributed by atoms with Crippen LogP contribution in [-0.4, -0.2) is 25.9 Å². The van der Waals surface area contributed by atoms with Crippen LogP contribution in [0.4, 0.5) is 5.82 Å². The number of amides is 1. The zero-order valence-corrected chi connectivity index (χ0v) is 10.3. The van der Waals surface area contributed by atoms with Crippen LogP contribution in [0.2, 0.25) is 0 Å². The van der Waals surface area contributed by atoms with Gasteiger partial charge in [-0.25, -0.2) is 4.68 Å². The summed E-state index contributed by atoms with van der Waals surface area (Å²) in [5, 5.41) is 12.9. The number of H-pyrrole nitrogens is 1. The molecule has 2 aromatic rings. The molecule has 0 atom stereocenters. The van der Waals surface area contributed by atoms with E-state index in [0.717, 1.165) is 4.68 Å². The number of rotatable bonds is 2. The second-order valence-corrected chi connectivity index (χ2v) is 3.94. The van der Waals surface area contributed by atoms with Gasteiger partial charge in [-0.1, -0.05) is 0 Å². The first-order chi connectivity index (χ1) is 8.50. The van der Waals surface area contributed by atoms with E-state index in [4.69, 9.17) is 0 Å². The van der Waals surface area contributed by atoms with Gasteiger partial charge in [-0.3, -0.25) is 14.7 Å². The molecule has 7 nitrogen and oxygen atoms in total. The molecular formula is C11H13N5O2. The van der Waals surface area contributed by atoms with Crippen LogP contribution < -0.4 is 10.9 Å². The molecule has 18 heavy (non-hydrogen) atoms. The third kappa shape index (κ3) is 2.02. The molecule has 0 fully saturated rings. The van der Waals surface area contributed by atoms with E-state index in [1.54, 1.807) is 19.9 Å². The maximum absolute atomic E-state index is 12.1. The highest BCUT2D eigenvalue weighted by molar-refractivity contribution is 6.04. The van der Waals surface area contributed by atoms with Gasteiger partial charge in [0.2, 0.25) is 0 Å². The first-order valence-corrected chi connectivity index (χ1v) is 5.36. The summed E-state index contributed by atoms with van der Waals surface area (Å²) in [6, 6.07) is 1.60. The van der Waals surface area contributed by atoms with E-state index in [0.29, 0.717) is 17.1 Å². The molecule has 2 heterocycles. The van der Waals surface area contributed by atoms with Gasteiger partial charge in [-0.05, 0) is 19.4 Å². The lowest BCUT2D eigenvalue weighted by atomic mass is 10.1. The summed E-state index contributed by atoms with van der Waals surface area (Å²) in [6.07, 6.45) is 1.51. The van der Waals surface area contributed by atoms with Gasteiger partial charge in [-0.15, -0.1) is 0 Å². The lowest BCUT2D eigenvalue weighted by Gasteiger charge is -2.09. The number of anilines is 1. The molecule has 2 aromatic heterocycles. The van der Waals surface area contributed by atoms with Gasteiger partial charge in [0.25, 0.3) is 11.5 Å². The Bertz CT molecular complexity index is 642. The van der Waals surface area contributed by atoms with Crippen LogP contribution in [0.25, 0.3) is 0 Å². The second kappa shape index (κ2) is 4.44. The molecule has 0 aliphatic rings. The normalized spacial score (nSPS) is 10.4. The molecule has 0 spiro atoms. The van der Waals surface area contributed by atoms with Crippen LogP contribution >= 0.6 is 0 Å². The highest BCUT2D eigenvalue weighted by atomic mass is 16.2. The molecule has 0 bridgehead atoms. The Morgan fingerprint density at radius 2 is 2.17 bits per heavy atom. The first kappa shape index (κ1) is 12.0. The van der Waals surface area contributed by atoms with Crippen molar-refractivity contribution in [1.82, 2.24) is 20.0 Å². The molecule has 0 aliphatic heterocycles. The van der Waals surface area contributed by atoms with Crippen molar-refractivity contribution in [2.24, 2.45) is 7.05 Å². The largest absolute Gasteiger partial charge is 0.307 e. The minimum absolute atomic E-state index is 0.0969. The lowest BCUT2D eigenvalue weighted by molar-refractivity contribution is 0.102. The van der Waals surface area contributed by atoms with E-state index in [1.807, 2.05) is 0 Å². The zero-order valence-electron chi connectivity index (χ0n) is 10.3. The smallest absolute Gasteiger partial charge is 0.279 e. The number of carbonyl (C=O) groups is 1. The minimum Gasteiger partial charge on any atom is -0.307 e. The Labute approximate surface area is 103 Å². The quantitative estimate of drug-likeness (QED) is 0.802. The average Bonchev–Trinajstić information content (AvgIpc) is 2.79. The fourth-order valence-corrected chi connectivity index (χ4v) is 1.63. The molecule has 1 amide bonds. The van der Waals surface area contributed by atoms with Crippen LogP contribution in [-0.2, 0) is 7.05 Å². The van der Waals surface area contributed by atoms with Gasteiger partial charge >= 0.3 is 0 Å². The predicted octanol–water partition coefficient (Wildman–Crippen LogP) is 0.373. The monoisotopic (exact) mass is 247 g/mol. The molecule has 0 saturated carbocycles. The summed E-state index contributed by atoms with van der Waals surface area (Å²) in [6.45, 7) is 3.45. The summed E-state index contributed by atoms with van der Waals surface area (Å²) in [5.41, 5.74) is 0.900. The highest BCUT2D eigenvalue weighted by Crippen LogP contribution is 2.08. The molecule has 0 aliphatic carbocycles. The van der Waals surface area contributed by atoms with Gasteiger partial charge in [0.1, 0.15) is 11.4 Å². The predicted molar refractivity (Wildman–Crippen MR) is 65.5 cm³/mol. The van der Waals surface area contributed by atoms with Gasteiger partial charge in [0.05, 0.1) is 11.9 Å². The lowest BCUT2D eigenvalue weighted by Crippen LogP contribution is -2.31. The Balaban J connectivity index is 2.45. The summed E-state index contributed by atoms with van der Waals surface area (Å²) in [4.78, 5) is 24.0. The van der Waals surface area contributed by atoms with Crippen molar-refractivity contribution >= 4 is 11.7 Å². The molecule has 2 rings (SSSR count).